The highest BCUT2D eigenvalue weighted by Crippen LogP contribution is 2.02. The van der Waals surface area contributed by atoms with Crippen LogP contribution in [-0.2, 0) is 13.1 Å². The molecule has 0 aromatic carbocycles. The number of aromatic nitrogens is 3. The second-order valence-corrected chi connectivity index (χ2v) is 4.66. The second-order valence-electron chi connectivity index (χ2n) is 4.22. The Morgan fingerprint density at radius 2 is 2.15 bits per heavy atom. The lowest BCUT2D eigenvalue weighted by atomic mass is 10.2. The largest absolute Gasteiger partial charge is 0.388 e. The first-order valence-corrected chi connectivity index (χ1v) is 6.48. The standard InChI is InChI=1S/C13H14N4O2S/c1-2-16-6-4-11(18)17(13(16)19)8-9-3-5-15-10(7-9)12(14)20/h3-7H,2,8H2,1H3,(H2,14,20). The zero-order chi connectivity index (χ0) is 14.7. The highest BCUT2D eigenvalue weighted by Gasteiger charge is 2.06. The van der Waals surface area contributed by atoms with Gasteiger partial charge in [-0.1, -0.05) is 12.2 Å². The maximum atomic E-state index is 12.1. The molecule has 2 N–H and O–H groups in total. The average molecular weight is 290 g/mol. The van der Waals surface area contributed by atoms with E-state index in [1.165, 1.54) is 21.4 Å². The summed E-state index contributed by atoms with van der Waals surface area (Å²) in [6, 6.07) is 4.77. The molecule has 2 aromatic heterocycles. The van der Waals surface area contributed by atoms with Gasteiger partial charge in [0, 0.05) is 25.0 Å². The van der Waals surface area contributed by atoms with E-state index in [2.05, 4.69) is 4.98 Å². The summed E-state index contributed by atoms with van der Waals surface area (Å²) in [6.07, 6.45) is 3.05. The summed E-state index contributed by atoms with van der Waals surface area (Å²) in [5.74, 6) is 0. The molecule has 0 saturated heterocycles. The van der Waals surface area contributed by atoms with Gasteiger partial charge < -0.3 is 10.3 Å². The molecular formula is C13H14N4O2S. The molecule has 0 bridgehead atoms. The normalized spacial score (nSPS) is 10.4. The third kappa shape index (κ3) is 2.83. The van der Waals surface area contributed by atoms with Crippen LogP contribution in [0.3, 0.4) is 0 Å². The molecule has 7 heteroatoms. The van der Waals surface area contributed by atoms with Gasteiger partial charge in [0.2, 0.25) is 0 Å². The van der Waals surface area contributed by atoms with Gasteiger partial charge in [-0.15, -0.1) is 0 Å². The fraction of sp³-hybridized carbons (Fsp3) is 0.231. The topological polar surface area (TPSA) is 82.9 Å². The van der Waals surface area contributed by atoms with E-state index < -0.39 is 0 Å². The van der Waals surface area contributed by atoms with Gasteiger partial charge in [-0.3, -0.25) is 14.3 Å². The van der Waals surface area contributed by atoms with Gasteiger partial charge >= 0.3 is 5.69 Å². The summed E-state index contributed by atoms with van der Waals surface area (Å²) in [5.41, 5.74) is 6.05. The Kier molecular flexibility index (Phi) is 4.09. The SMILES string of the molecule is CCn1ccc(=O)n(Cc2ccnc(C(N)=S)c2)c1=O. The number of nitrogens with two attached hydrogens (primary N) is 1. The van der Waals surface area contributed by atoms with Crippen molar-refractivity contribution < 1.29 is 0 Å². The van der Waals surface area contributed by atoms with Crippen LogP contribution in [0.2, 0.25) is 0 Å². The predicted octanol–water partition coefficient (Wildman–Crippen LogP) is 0.107. The molecule has 0 unspecified atom stereocenters. The van der Waals surface area contributed by atoms with Crippen molar-refractivity contribution in [1.82, 2.24) is 14.1 Å². The zero-order valence-corrected chi connectivity index (χ0v) is 11.8. The van der Waals surface area contributed by atoms with Gasteiger partial charge in [0.25, 0.3) is 5.56 Å². The number of hydrogen-bond acceptors (Lipinski definition) is 4. The van der Waals surface area contributed by atoms with Crippen LogP contribution in [0.25, 0.3) is 0 Å². The Labute approximate surface area is 120 Å². The van der Waals surface area contributed by atoms with Gasteiger partial charge in [0.05, 0.1) is 12.2 Å². The minimum absolute atomic E-state index is 0.163. The van der Waals surface area contributed by atoms with Crippen molar-refractivity contribution in [3.05, 3.63) is 62.7 Å². The van der Waals surface area contributed by atoms with Crippen LogP contribution in [0.5, 0.6) is 0 Å². The van der Waals surface area contributed by atoms with Crippen LogP contribution in [0.1, 0.15) is 18.2 Å². The maximum Gasteiger partial charge on any atom is 0.331 e. The summed E-state index contributed by atoms with van der Waals surface area (Å²) >= 11 is 4.86. The lowest BCUT2D eigenvalue weighted by Crippen LogP contribution is -2.39. The van der Waals surface area contributed by atoms with Crippen LogP contribution in [-0.4, -0.2) is 19.1 Å². The average Bonchev–Trinajstić information content (AvgIpc) is 2.44. The zero-order valence-electron chi connectivity index (χ0n) is 10.9. The summed E-state index contributed by atoms with van der Waals surface area (Å²) < 4.78 is 2.64. The fourth-order valence-electron chi connectivity index (χ4n) is 1.83. The molecule has 2 rings (SSSR count). The Morgan fingerprint density at radius 3 is 2.80 bits per heavy atom. The Hall–Kier alpha value is -2.28. The van der Waals surface area contributed by atoms with Gasteiger partial charge in [-0.05, 0) is 24.6 Å². The molecule has 0 saturated carbocycles. The first-order valence-electron chi connectivity index (χ1n) is 6.08. The Bertz CT molecular complexity index is 763. The number of hydrogen-bond donors (Lipinski definition) is 1. The second kappa shape index (κ2) is 5.79. The predicted molar refractivity (Wildman–Crippen MR) is 79.9 cm³/mol. The number of pyridine rings is 1. The van der Waals surface area contributed by atoms with E-state index >= 15 is 0 Å². The van der Waals surface area contributed by atoms with E-state index in [-0.39, 0.29) is 22.8 Å². The number of rotatable bonds is 4. The molecule has 0 fully saturated rings. The van der Waals surface area contributed by atoms with Crippen molar-refractivity contribution in [2.75, 3.05) is 0 Å². The molecular weight excluding hydrogens is 276 g/mol. The monoisotopic (exact) mass is 290 g/mol. The van der Waals surface area contributed by atoms with E-state index in [9.17, 15) is 9.59 Å². The molecule has 0 amide bonds. The first-order chi connectivity index (χ1) is 9.52. The maximum absolute atomic E-state index is 12.1. The number of nitrogens with zero attached hydrogens (tertiary/aromatic N) is 3. The van der Waals surface area contributed by atoms with Crippen LogP contribution in [0, 0.1) is 0 Å². The Balaban J connectivity index is 2.45. The van der Waals surface area contributed by atoms with Crippen LogP contribution >= 0.6 is 12.2 Å². The first kappa shape index (κ1) is 14.1. The van der Waals surface area contributed by atoms with E-state index in [0.717, 1.165) is 5.56 Å². The summed E-state index contributed by atoms with van der Waals surface area (Å²) in [7, 11) is 0. The molecule has 20 heavy (non-hydrogen) atoms. The minimum Gasteiger partial charge on any atom is -0.388 e. The van der Waals surface area contributed by atoms with Gasteiger partial charge in [0.1, 0.15) is 4.99 Å². The lowest BCUT2D eigenvalue weighted by Gasteiger charge is -2.08. The van der Waals surface area contributed by atoms with E-state index in [0.29, 0.717) is 12.2 Å². The molecule has 0 radical (unpaired) electrons. The smallest absolute Gasteiger partial charge is 0.331 e. The molecule has 2 aromatic rings. The Morgan fingerprint density at radius 1 is 1.40 bits per heavy atom. The number of aryl methyl sites for hydroxylation is 1. The van der Waals surface area contributed by atoms with Crippen LogP contribution in [0.4, 0.5) is 0 Å². The third-order valence-electron chi connectivity index (χ3n) is 2.90. The molecule has 0 aliphatic heterocycles. The van der Waals surface area contributed by atoms with Gasteiger partial charge in [0.15, 0.2) is 0 Å². The van der Waals surface area contributed by atoms with E-state index in [4.69, 9.17) is 18.0 Å². The molecule has 0 aliphatic carbocycles. The molecule has 104 valence electrons. The van der Waals surface area contributed by atoms with Crippen molar-refractivity contribution in [1.29, 1.82) is 0 Å². The van der Waals surface area contributed by atoms with Crippen LogP contribution in [0.15, 0.2) is 40.2 Å². The summed E-state index contributed by atoms with van der Waals surface area (Å²) in [5, 5.41) is 0. The van der Waals surface area contributed by atoms with Crippen molar-refractivity contribution in [2.45, 2.75) is 20.0 Å². The lowest BCUT2D eigenvalue weighted by molar-refractivity contribution is 0.599. The fourth-order valence-corrected chi connectivity index (χ4v) is 1.94. The van der Waals surface area contributed by atoms with Gasteiger partial charge in [-0.2, -0.15) is 0 Å². The summed E-state index contributed by atoms with van der Waals surface area (Å²) in [6.45, 7) is 2.51. The molecule has 0 spiro atoms. The van der Waals surface area contributed by atoms with E-state index in [1.807, 2.05) is 6.92 Å². The molecule has 6 nitrogen and oxygen atoms in total. The minimum atomic E-state index is -0.339. The van der Waals surface area contributed by atoms with Crippen LogP contribution < -0.4 is 17.0 Å². The third-order valence-corrected chi connectivity index (χ3v) is 3.11. The quantitative estimate of drug-likeness (QED) is 0.808. The van der Waals surface area contributed by atoms with E-state index in [1.54, 1.807) is 18.3 Å². The summed E-state index contributed by atoms with van der Waals surface area (Å²) in [4.78, 5) is 28.1. The number of thiocarbonyl (C=S) groups is 1. The highest BCUT2D eigenvalue weighted by molar-refractivity contribution is 7.80. The van der Waals surface area contributed by atoms with Crippen molar-refractivity contribution in [3.8, 4) is 0 Å². The molecule has 0 aliphatic rings. The van der Waals surface area contributed by atoms with Gasteiger partial charge in [-0.25, -0.2) is 4.79 Å². The molecule has 2 heterocycles. The van der Waals surface area contributed by atoms with Crippen molar-refractivity contribution in [3.63, 3.8) is 0 Å². The van der Waals surface area contributed by atoms with Crippen molar-refractivity contribution in [2.24, 2.45) is 5.73 Å². The highest BCUT2D eigenvalue weighted by atomic mass is 32.1. The molecule has 0 atom stereocenters. The van der Waals surface area contributed by atoms with Crippen molar-refractivity contribution >= 4 is 17.2 Å².